The zero-order chi connectivity index (χ0) is 13.7. The SMILES string of the molecule is CC(=O)OCCO/N=C1\Oc2ccccc2C1=NI. The molecule has 1 aliphatic rings. The highest BCUT2D eigenvalue weighted by Crippen LogP contribution is 2.27. The van der Waals surface area contributed by atoms with Crippen LogP contribution in [0.1, 0.15) is 12.5 Å². The average molecular weight is 374 g/mol. The summed E-state index contributed by atoms with van der Waals surface area (Å²) in [6.07, 6.45) is 0. The molecule has 19 heavy (non-hydrogen) atoms. The molecule has 100 valence electrons. The summed E-state index contributed by atoms with van der Waals surface area (Å²) in [5.74, 6) is 0.647. The predicted molar refractivity (Wildman–Crippen MR) is 77.6 cm³/mol. The van der Waals surface area contributed by atoms with E-state index in [2.05, 4.69) is 8.36 Å². The number of para-hydroxylation sites is 1. The molecule has 1 aliphatic heterocycles. The summed E-state index contributed by atoms with van der Waals surface area (Å²) in [7, 11) is 0. The zero-order valence-electron chi connectivity index (χ0n) is 10.1. The summed E-state index contributed by atoms with van der Waals surface area (Å²) in [4.78, 5) is 15.6. The predicted octanol–water partition coefficient (Wildman–Crippen LogP) is 2.11. The fourth-order valence-corrected chi connectivity index (χ4v) is 1.96. The molecule has 0 spiro atoms. The quantitative estimate of drug-likeness (QED) is 0.350. The van der Waals surface area contributed by atoms with Crippen LogP contribution >= 0.6 is 22.9 Å². The van der Waals surface area contributed by atoms with Gasteiger partial charge in [0.25, 0.3) is 5.90 Å². The first-order valence-electron chi connectivity index (χ1n) is 5.52. The van der Waals surface area contributed by atoms with E-state index in [1.54, 1.807) is 0 Å². The fraction of sp³-hybridized carbons (Fsp3) is 0.250. The number of oxime groups is 1. The lowest BCUT2D eigenvalue weighted by Gasteiger charge is -2.01. The van der Waals surface area contributed by atoms with Crippen LogP contribution in [0.2, 0.25) is 0 Å². The maximum absolute atomic E-state index is 10.6. The zero-order valence-corrected chi connectivity index (χ0v) is 12.3. The molecule has 6 nitrogen and oxygen atoms in total. The number of rotatable bonds is 4. The van der Waals surface area contributed by atoms with E-state index in [0.29, 0.717) is 17.4 Å². The average Bonchev–Trinajstić information content (AvgIpc) is 2.75. The van der Waals surface area contributed by atoms with Gasteiger partial charge in [-0.25, -0.2) is 3.21 Å². The third-order valence-electron chi connectivity index (χ3n) is 2.26. The van der Waals surface area contributed by atoms with E-state index in [-0.39, 0.29) is 19.2 Å². The first-order chi connectivity index (χ1) is 9.22. The number of esters is 1. The Morgan fingerprint density at radius 2 is 2.16 bits per heavy atom. The molecular weight excluding hydrogens is 363 g/mol. The molecule has 0 fully saturated rings. The van der Waals surface area contributed by atoms with Gasteiger partial charge in [-0.3, -0.25) is 4.79 Å². The van der Waals surface area contributed by atoms with Crippen LogP contribution in [0.4, 0.5) is 0 Å². The van der Waals surface area contributed by atoms with Crippen molar-refractivity contribution in [2.75, 3.05) is 13.2 Å². The van der Waals surface area contributed by atoms with Crippen LogP contribution in [0.3, 0.4) is 0 Å². The van der Waals surface area contributed by atoms with Crippen LogP contribution in [0.5, 0.6) is 5.75 Å². The lowest BCUT2D eigenvalue weighted by molar-refractivity contribution is -0.142. The Bertz CT molecular complexity index is 542. The van der Waals surface area contributed by atoms with Crippen molar-refractivity contribution in [1.82, 2.24) is 0 Å². The highest BCUT2D eigenvalue weighted by molar-refractivity contribution is 14.1. The largest absolute Gasteiger partial charge is 0.462 e. The summed E-state index contributed by atoms with van der Waals surface area (Å²) < 4.78 is 14.3. The monoisotopic (exact) mass is 374 g/mol. The summed E-state index contributed by atoms with van der Waals surface area (Å²) in [6.45, 7) is 1.65. The Hall–Kier alpha value is -1.64. The van der Waals surface area contributed by atoms with E-state index in [1.165, 1.54) is 6.92 Å². The molecule has 0 atom stereocenters. The second-order valence-electron chi connectivity index (χ2n) is 3.60. The molecule has 0 amide bonds. The van der Waals surface area contributed by atoms with E-state index in [9.17, 15) is 4.79 Å². The van der Waals surface area contributed by atoms with Gasteiger partial charge in [0.05, 0.1) is 22.9 Å². The third-order valence-corrected chi connectivity index (χ3v) is 2.75. The van der Waals surface area contributed by atoms with Crippen molar-refractivity contribution in [3.8, 4) is 5.75 Å². The van der Waals surface area contributed by atoms with E-state index >= 15 is 0 Å². The van der Waals surface area contributed by atoms with Gasteiger partial charge < -0.3 is 14.3 Å². The minimum Gasteiger partial charge on any atom is -0.462 e. The second kappa shape index (κ2) is 6.50. The van der Waals surface area contributed by atoms with Crippen molar-refractivity contribution < 1.29 is 19.1 Å². The number of ether oxygens (including phenoxy) is 2. The second-order valence-corrected chi connectivity index (χ2v) is 4.08. The molecule has 0 bridgehead atoms. The Labute approximate surface area is 123 Å². The van der Waals surface area contributed by atoms with E-state index in [0.717, 1.165) is 5.56 Å². The summed E-state index contributed by atoms with van der Waals surface area (Å²) in [6, 6.07) is 7.50. The van der Waals surface area contributed by atoms with E-state index in [1.807, 2.05) is 47.1 Å². The van der Waals surface area contributed by atoms with Gasteiger partial charge in [0.1, 0.15) is 18.1 Å². The van der Waals surface area contributed by atoms with Gasteiger partial charge in [0, 0.05) is 12.5 Å². The molecule has 7 heteroatoms. The summed E-state index contributed by atoms with van der Waals surface area (Å²) >= 11 is 1.88. The number of carbonyl (C=O) groups excluding carboxylic acids is 1. The normalized spacial score (nSPS) is 17.2. The van der Waals surface area contributed by atoms with Gasteiger partial charge in [-0.05, 0) is 17.3 Å². The lowest BCUT2D eigenvalue weighted by atomic mass is 10.1. The third kappa shape index (κ3) is 3.43. The first kappa shape index (κ1) is 13.8. The van der Waals surface area contributed by atoms with Crippen LogP contribution < -0.4 is 4.74 Å². The Morgan fingerprint density at radius 1 is 1.37 bits per heavy atom. The Balaban J connectivity index is 1.97. The van der Waals surface area contributed by atoms with Crippen molar-refractivity contribution in [3.63, 3.8) is 0 Å². The van der Waals surface area contributed by atoms with Gasteiger partial charge in [-0.1, -0.05) is 12.1 Å². The smallest absolute Gasteiger partial charge is 0.302 e. The number of hydrogen-bond acceptors (Lipinski definition) is 6. The van der Waals surface area contributed by atoms with Crippen LogP contribution in [-0.2, 0) is 14.4 Å². The van der Waals surface area contributed by atoms with Crippen molar-refractivity contribution >= 4 is 40.4 Å². The van der Waals surface area contributed by atoms with Crippen LogP contribution in [-0.4, -0.2) is 30.8 Å². The first-order valence-corrected chi connectivity index (χ1v) is 6.48. The highest BCUT2D eigenvalue weighted by atomic mass is 127. The summed E-state index contributed by atoms with van der Waals surface area (Å²) in [5.41, 5.74) is 1.50. The standard InChI is InChI=1S/C12H11IN2O4/c1-8(16)17-6-7-18-15-12-11(14-13)9-4-2-3-5-10(9)19-12/h2-5H,6-7H2,1H3/b14-11?,15-12-. The molecule has 0 unspecified atom stereocenters. The number of fused-ring (bicyclic) bond motifs is 1. The van der Waals surface area contributed by atoms with Gasteiger partial charge >= 0.3 is 5.97 Å². The number of halogens is 1. The number of nitrogens with zero attached hydrogens (tertiary/aromatic N) is 2. The lowest BCUT2D eigenvalue weighted by Crippen LogP contribution is -2.14. The Morgan fingerprint density at radius 3 is 2.89 bits per heavy atom. The van der Waals surface area contributed by atoms with Crippen molar-refractivity contribution in [2.24, 2.45) is 8.36 Å². The van der Waals surface area contributed by atoms with Crippen molar-refractivity contribution in [1.29, 1.82) is 0 Å². The van der Waals surface area contributed by atoms with Crippen molar-refractivity contribution in [2.45, 2.75) is 6.92 Å². The van der Waals surface area contributed by atoms with Gasteiger partial charge in [-0.2, -0.15) is 0 Å². The van der Waals surface area contributed by atoms with Crippen molar-refractivity contribution in [3.05, 3.63) is 29.8 Å². The van der Waals surface area contributed by atoms with Gasteiger partial charge in [-0.15, -0.1) is 0 Å². The molecule has 0 radical (unpaired) electrons. The molecule has 0 N–H and O–H groups in total. The maximum Gasteiger partial charge on any atom is 0.302 e. The molecule has 1 heterocycles. The molecule has 0 aliphatic carbocycles. The molecule has 0 saturated heterocycles. The highest BCUT2D eigenvalue weighted by Gasteiger charge is 2.26. The molecule has 2 rings (SSSR count). The molecule has 0 saturated carbocycles. The fourth-order valence-electron chi connectivity index (χ4n) is 1.49. The topological polar surface area (TPSA) is 69.5 Å². The van der Waals surface area contributed by atoms with E-state index < -0.39 is 0 Å². The van der Waals surface area contributed by atoms with Gasteiger partial charge in [0.15, 0.2) is 6.61 Å². The number of carbonyl (C=O) groups is 1. The minimum absolute atomic E-state index is 0.149. The number of benzene rings is 1. The Kier molecular flexibility index (Phi) is 4.72. The molecule has 1 aromatic rings. The number of hydrogen-bond donors (Lipinski definition) is 0. The molecular formula is C12H11IN2O4. The molecule has 1 aromatic carbocycles. The van der Waals surface area contributed by atoms with Crippen LogP contribution in [0.25, 0.3) is 0 Å². The minimum atomic E-state index is -0.352. The van der Waals surface area contributed by atoms with Gasteiger partial charge in [0.2, 0.25) is 0 Å². The summed E-state index contributed by atoms with van der Waals surface area (Å²) in [5, 5.41) is 3.85. The van der Waals surface area contributed by atoms with E-state index in [4.69, 9.17) is 14.3 Å². The maximum atomic E-state index is 10.6. The van der Waals surface area contributed by atoms with Crippen LogP contribution in [0, 0.1) is 0 Å². The van der Waals surface area contributed by atoms with Crippen LogP contribution in [0.15, 0.2) is 32.6 Å². The molecule has 0 aromatic heterocycles.